The second kappa shape index (κ2) is 5.00. The average Bonchev–Trinajstić information content (AvgIpc) is 2.17. The number of nitrogens with zero attached hydrogens (tertiary/aromatic N) is 2. The van der Waals surface area contributed by atoms with Crippen LogP contribution in [0.4, 0.5) is 11.6 Å². The minimum absolute atomic E-state index is 0.170. The smallest absolute Gasteiger partial charge is 0.322 e. The molecule has 6 heteroatoms. The van der Waals surface area contributed by atoms with E-state index in [2.05, 4.69) is 20.6 Å². The standard InChI is InChI=1S/C8H12N4O2/c1-2-9-7-8(11-4-3-10-7)12-5-6(13)14/h3-4H,2,5H2,1H3,(H,9,10)(H,11,12)(H,13,14). The zero-order chi connectivity index (χ0) is 10.4. The van der Waals surface area contributed by atoms with Gasteiger partial charge in [-0.3, -0.25) is 4.79 Å². The Kier molecular flexibility index (Phi) is 3.66. The zero-order valence-corrected chi connectivity index (χ0v) is 7.82. The van der Waals surface area contributed by atoms with E-state index in [0.29, 0.717) is 18.2 Å². The summed E-state index contributed by atoms with van der Waals surface area (Å²) in [6, 6.07) is 0. The molecule has 0 aliphatic rings. The molecule has 0 saturated heterocycles. The Labute approximate surface area is 81.4 Å². The molecule has 0 spiro atoms. The Bertz CT molecular complexity index is 316. The summed E-state index contributed by atoms with van der Waals surface area (Å²) in [7, 11) is 0. The van der Waals surface area contributed by atoms with E-state index in [9.17, 15) is 4.79 Å². The Morgan fingerprint density at radius 1 is 1.36 bits per heavy atom. The molecule has 1 heterocycles. The molecule has 0 unspecified atom stereocenters. The van der Waals surface area contributed by atoms with E-state index in [4.69, 9.17) is 5.11 Å². The van der Waals surface area contributed by atoms with Gasteiger partial charge in [-0.05, 0) is 6.92 Å². The minimum atomic E-state index is -0.932. The van der Waals surface area contributed by atoms with Crippen LogP contribution in [0, 0.1) is 0 Å². The summed E-state index contributed by atoms with van der Waals surface area (Å²) in [5, 5.41) is 14.1. The fraction of sp³-hybridized carbons (Fsp3) is 0.375. The summed E-state index contributed by atoms with van der Waals surface area (Å²) < 4.78 is 0. The third-order valence-electron chi connectivity index (χ3n) is 1.45. The van der Waals surface area contributed by atoms with Gasteiger partial charge in [0.2, 0.25) is 0 Å². The summed E-state index contributed by atoms with van der Waals surface area (Å²) in [6.07, 6.45) is 3.05. The van der Waals surface area contributed by atoms with Crippen molar-refractivity contribution < 1.29 is 9.90 Å². The molecule has 0 aromatic carbocycles. The first-order chi connectivity index (χ1) is 6.74. The van der Waals surface area contributed by atoms with Gasteiger partial charge in [0.05, 0.1) is 0 Å². The molecule has 0 aliphatic carbocycles. The molecule has 76 valence electrons. The SMILES string of the molecule is CCNc1nccnc1NCC(=O)O. The number of aliphatic carboxylic acids is 1. The molecular weight excluding hydrogens is 184 g/mol. The molecule has 1 aromatic rings. The van der Waals surface area contributed by atoms with E-state index >= 15 is 0 Å². The number of aromatic nitrogens is 2. The molecule has 0 atom stereocenters. The minimum Gasteiger partial charge on any atom is -0.480 e. The van der Waals surface area contributed by atoms with Gasteiger partial charge in [-0.25, -0.2) is 9.97 Å². The Hall–Kier alpha value is -1.85. The van der Waals surface area contributed by atoms with Crippen molar-refractivity contribution >= 4 is 17.6 Å². The van der Waals surface area contributed by atoms with Gasteiger partial charge in [-0.1, -0.05) is 0 Å². The van der Waals surface area contributed by atoms with Crippen LogP contribution in [0.5, 0.6) is 0 Å². The number of nitrogens with one attached hydrogen (secondary N) is 2. The highest BCUT2D eigenvalue weighted by atomic mass is 16.4. The number of rotatable bonds is 5. The molecule has 0 bridgehead atoms. The van der Waals surface area contributed by atoms with E-state index < -0.39 is 5.97 Å². The topological polar surface area (TPSA) is 87.1 Å². The van der Waals surface area contributed by atoms with Gasteiger partial charge in [0.15, 0.2) is 11.6 Å². The molecule has 0 fully saturated rings. The molecular formula is C8H12N4O2. The zero-order valence-electron chi connectivity index (χ0n) is 7.82. The van der Waals surface area contributed by atoms with Crippen molar-refractivity contribution in [1.29, 1.82) is 0 Å². The molecule has 0 amide bonds. The predicted molar refractivity (Wildman–Crippen MR) is 52.3 cm³/mol. The normalized spacial score (nSPS) is 9.50. The van der Waals surface area contributed by atoms with Crippen molar-refractivity contribution in [3.8, 4) is 0 Å². The van der Waals surface area contributed by atoms with Crippen molar-refractivity contribution in [2.75, 3.05) is 23.7 Å². The third-order valence-corrected chi connectivity index (χ3v) is 1.45. The number of anilines is 2. The van der Waals surface area contributed by atoms with Crippen LogP contribution in [0.1, 0.15) is 6.92 Å². The van der Waals surface area contributed by atoms with Crippen molar-refractivity contribution in [1.82, 2.24) is 9.97 Å². The maximum atomic E-state index is 10.3. The highest BCUT2D eigenvalue weighted by Crippen LogP contribution is 2.12. The first kappa shape index (κ1) is 10.2. The van der Waals surface area contributed by atoms with Gasteiger partial charge >= 0.3 is 5.97 Å². The van der Waals surface area contributed by atoms with E-state index in [1.54, 1.807) is 6.20 Å². The first-order valence-electron chi connectivity index (χ1n) is 4.24. The van der Waals surface area contributed by atoms with Gasteiger partial charge in [-0.15, -0.1) is 0 Å². The van der Waals surface area contributed by atoms with Gasteiger partial charge in [0.1, 0.15) is 6.54 Å². The number of carbonyl (C=O) groups is 1. The average molecular weight is 196 g/mol. The molecule has 0 saturated carbocycles. The quantitative estimate of drug-likeness (QED) is 0.632. The maximum Gasteiger partial charge on any atom is 0.322 e. The second-order valence-corrected chi connectivity index (χ2v) is 2.53. The highest BCUT2D eigenvalue weighted by molar-refractivity contribution is 5.74. The lowest BCUT2D eigenvalue weighted by atomic mass is 10.5. The molecule has 0 aliphatic heterocycles. The maximum absolute atomic E-state index is 10.3. The van der Waals surface area contributed by atoms with Crippen LogP contribution in [0.2, 0.25) is 0 Å². The predicted octanol–water partition coefficient (Wildman–Crippen LogP) is 0.405. The van der Waals surface area contributed by atoms with Crippen LogP contribution in [0.3, 0.4) is 0 Å². The summed E-state index contributed by atoms with van der Waals surface area (Å²) in [5.41, 5.74) is 0. The largest absolute Gasteiger partial charge is 0.480 e. The lowest BCUT2D eigenvalue weighted by Crippen LogP contribution is -2.15. The van der Waals surface area contributed by atoms with Crippen LogP contribution >= 0.6 is 0 Å². The number of carboxylic acids is 1. The third kappa shape index (κ3) is 2.89. The Morgan fingerprint density at radius 3 is 2.43 bits per heavy atom. The van der Waals surface area contributed by atoms with Crippen molar-refractivity contribution in [3.63, 3.8) is 0 Å². The fourth-order valence-electron chi connectivity index (χ4n) is 0.924. The van der Waals surface area contributed by atoms with Crippen molar-refractivity contribution in [2.24, 2.45) is 0 Å². The van der Waals surface area contributed by atoms with E-state index in [1.807, 2.05) is 6.92 Å². The molecule has 1 aromatic heterocycles. The molecule has 6 nitrogen and oxygen atoms in total. The van der Waals surface area contributed by atoms with Gasteiger partial charge in [0, 0.05) is 18.9 Å². The van der Waals surface area contributed by atoms with Crippen LogP contribution in [-0.2, 0) is 4.79 Å². The molecule has 0 radical (unpaired) electrons. The number of carboxylic acid groups (broad SMARTS) is 1. The van der Waals surface area contributed by atoms with Gasteiger partial charge in [-0.2, -0.15) is 0 Å². The molecule has 3 N–H and O–H groups in total. The lowest BCUT2D eigenvalue weighted by molar-refractivity contribution is -0.134. The van der Waals surface area contributed by atoms with Crippen LogP contribution in [0.15, 0.2) is 12.4 Å². The van der Waals surface area contributed by atoms with E-state index in [1.165, 1.54) is 6.20 Å². The second-order valence-electron chi connectivity index (χ2n) is 2.53. The molecule has 14 heavy (non-hydrogen) atoms. The number of hydrogen-bond acceptors (Lipinski definition) is 5. The summed E-state index contributed by atoms with van der Waals surface area (Å²) in [5.74, 6) is 0.0890. The van der Waals surface area contributed by atoms with Gasteiger partial charge in [0.25, 0.3) is 0 Å². The Balaban J connectivity index is 2.68. The summed E-state index contributed by atoms with van der Waals surface area (Å²) in [4.78, 5) is 18.3. The summed E-state index contributed by atoms with van der Waals surface area (Å²) >= 11 is 0. The first-order valence-corrected chi connectivity index (χ1v) is 4.24. The fourth-order valence-corrected chi connectivity index (χ4v) is 0.924. The van der Waals surface area contributed by atoms with Gasteiger partial charge < -0.3 is 15.7 Å². The lowest BCUT2D eigenvalue weighted by Gasteiger charge is -2.08. The van der Waals surface area contributed by atoms with E-state index in [-0.39, 0.29) is 6.54 Å². The van der Waals surface area contributed by atoms with Crippen LogP contribution in [-0.4, -0.2) is 34.1 Å². The Morgan fingerprint density at radius 2 is 1.93 bits per heavy atom. The molecule has 1 rings (SSSR count). The highest BCUT2D eigenvalue weighted by Gasteiger charge is 2.04. The van der Waals surface area contributed by atoms with Crippen molar-refractivity contribution in [3.05, 3.63) is 12.4 Å². The monoisotopic (exact) mass is 196 g/mol. The van der Waals surface area contributed by atoms with Crippen LogP contribution in [0.25, 0.3) is 0 Å². The van der Waals surface area contributed by atoms with Crippen molar-refractivity contribution in [2.45, 2.75) is 6.92 Å². The number of hydrogen-bond donors (Lipinski definition) is 3. The summed E-state index contributed by atoms with van der Waals surface area (Å²) in [6.45, 7) is 2.47. The van der Waals surface area contributed by atoms with Crippen LogP contribution < -0.4 is 10.6 Å². The van der Waals surface area contributed by atoms with E-state index in [0.717, 1.165) is 0 Å².